The van der Waals surface area contributed by atoms with Crippen molar-refractivity contribution in [3.05, 3.63) is 52.0 Å². The molecule has 0 radical (unpaired) electrons. The van der Waals surface area contributed by atoms with E-state index in [0.717, 1.165) is 18.4 Å². The highest BCUT2D eigenvalue weighted by molar-refractivity contribution is 7.10. The van der Waals surface area contributed by atoms with Gasteiger partial charge in [0.05, 0.1) is 6.04 Å². The summed E-state index contributed by atoms with van der Waals surface area (Å²) in [6.07, 6.45) is 1.49. The summed E-state index contributed by atoms with van der Waals surface area (Å²) in [4.78, 5) is 30.4. The van der Waals surface area contributed by atoms with E-state index in [0.29, 0.717) is 6.54 Å². The summed E-state index contributed by atoms with van der Waals surface area (Å²) in [6.45, 7) is 4.49. The number of halogens is 1. The number of methoxy groups -OCH3 is 1. The van der Waals surface area contributed by atoms with Crippen molar-refractivity contribution in [1.82, 2.24) is 9.80 Å². The van der Waals surface area contributed by atoms with E-state index in [1.165, 1.54) is 18.1 Å². The number of thiophene rings is 1. The van der Waals surface area contributed by atoms with Crippen molar-refractivity contribution in [1.29, 1.82) is 0 Å². The normalized spacial score (nSPS) is 16.5. The monoisotopic (exact) mass is 448 g/mol. The number of ether oxygens (including phenoxy) is 2. The van der Waals surface area contributed by atoms with Crippen molar-refractivity contribution in [3.8, 4) is 5.75 Å². The minimum absolute atomic E-state index is 0.0210. The average Bonchev–Trinajstić information content (AvgIpc) is 3.25. The highest BCUT2D eigenvalue weighted by atomic mass is 32.1. The molecule has 1 aromatic carbocycles. The molecule has 2 heterocycles. The Balaban J connectivity index is 1.79. The third kappa shape index (κ3) is 5.43. The molecule has 3 rings (SSSR count). The molecular formula is C23H29FN2O4S. The topological polar surface area (TPSA) is 59.1 Å². The predicted molar refractivity (Wildman–Crippen MR) is 118 cm³/mol. The van der Waals surface area contributed by atoms with Crippen LogP contribution in [0.4, 0.5) is 4.39 Å². The zero-order valence-electron chi connectivity index (χ0n) is 18.2. The van der Waals surface area contributed by atoms with Gasteiger partial charge in [0, 0.05) is 24.6 Å². The van der Waals surface area contributed by atoms with Crippen molar-refractivity contribution in [2.45, 2.75) is 38.8 Å². The second-order valence-corrected chi connectivity index (χ2v) is 8.61. The maximum Gasteiger partial charge on any atom is 0.249 e. The number of hydrogen-bond donors (Lipinski definition) is 0. The van der Waals surface area contributed by atoms with Gasteiger partial charge in [0.25, 0.3) is 0 Å². The third-order valence-electron chi connectivity index (χ3n) is 5.67. The Kier molecular flexibility index (Phi) is 8.03. The Labute approximate surface area is 186 Å². The fourth-order valence-corrected chi connectivity index (χ4v) is 4.69. The van der Waals surface area contributed by atoms with Gasteiger partial charge < -0.3 is 19.3 Å². The molecule has 8 heteroatoms. The summed E-state index contributed by atoms with van der Waals surface area (Å²) >= 11 is 1.65. The molecule has 0 aliphatic carbocycles. The first kappa shape index (κ1) is 23.2. The van der Waals surface area contributed by atoms with Gasteiger partial charge in [0.15, 0.2) is 11.6 Å². The average molecular weight is 449 g/mol. The lowest BCUT2D eigenvalue weighted by atomic mass is 10.00. The zero-order valence-corrected chi connectivity index (χ0v) is 19.0. The largest absolute Gasteiger partial charge is 0.488 e. The van der Waals surface area contributed by atoms with Crippen molar-refractivity contribution >= 4 is 23.2 Å². The number of benzene rings is 1. The van der Waals surface area contributed by atoms with Crippen LogP contribution in [-0.4, -0.2) is 61.1 Å². The van der Waals surface area contributed by atoms with Gasteiger partial charge in [-0.15, -0.1) is 11.3 Å². The number of rotatable bonds is 9. The van der Waals surface area contributed by atoms with E-state index in [-0.39, 0.29) is 49.4 Å². The highest BCUT2D eigenvalue weighted by Crippen LogP contribution is 2.34. The molecule has 2 unspecified atom stereocenters. The Morgan fingerprint density at radius 3 is 2.81 bits per heavy atom. The Hall–Kier alpha value is -2.45. The minimum Gasteiger partial charge on any atom is -0.488 e. The molecule has 0 N–H and O–H groups in total. The second kappa shape index (κ2) is 10.7. The molecule has 1 aliphatic rings. The molecule has 2 aromatic rings. The molecule has 1 aromatic heterocycles. The molecular weight excluding hydrogens is 419 g/mol. The molecule has 0 fully saturated rings. The Morgan fingerprint density at radius 2 is 2.10 bits per heavy atom. The summed E-state index contributed by atoms with van der Waals surface area (Å²) < 4.78 is 24.8. The van der Waals surface area contributed by atoms with E-state index in [2.05, 4.69) is 0 Å². The smallest absolute Gasteiger partial charge is 0.249 e. The quantitative estimate of drug-likeness (QED) is 0.587. The van der Waals surface area contributed by atoms with Gasteiger partial charge in [-0.25, -0.2) is 4.39 Å². The third-order valence-corrected chi connectivity index (χ3v) is 6.66. The first-order chi connectivity index (χ1) is 15.0. The molecule has 1 aliphatic heterocycles. The molecule has 2 atom stereocenters. The number of carbonyl (C=O) groups excluding carboxylic acids is 2. The van der Waals surface area contributed by atoms with E-state index in [1.54, 1.807) is 39.3 Å². The van der Waals surface area contributed by atoms with Crippen molar-refractivity contribution in [2.24, 2.45) is 0 Å². The molecule has 0 spiro atoms. The number of nitrogens with zero attached hydrogens (tertiary/aromatic N) is 2. The van der Waals surface area contributed by atoms with Gasteiger partial charge in [0.1, 0.15) is 19.8 Å². The van der Waals surface area contributed by atoms with Gasteiger partial charge >= 0.3 is 0 Å². The lowest BCUT2D eigenvalue weighted by molar-refractivity contribution is -0.146. The van der Waals surface area contributed by atoms with Crippen LogP contribution >= 0.6 is 11.3 Å². The summed E-state index contributed by atoms with van der Waals surface area (Å²) in [7, 11) is 1.47. The maximum atomic E-state index is 14.0. The highest BCUT2D eigenvalue weighted by Gasteiger charge is 2.34. The van der Waals surface area contributed by atoms with E-state index in [4.69, 9.17) is 9.47 Å². The van der Waals surface area contributed by atoms with Crippen molar-refractivity contribution < 1.29 is 23.5 Å². The van der Waals surface area contributed by atoms with E-state index >= 15 is 0 Å². The molecule has 0 saturated heterocycles. The number of carbonyl (C=O) groups is 2. The maximum absolute atomic E-state index is 14.0. The van der Waals surface area contributed by atoms with Gasteiger partial charge in [-0.05, 0) is 48.9 Å². The molecule has 0 bridgehead atoms. The van der Waals surface area contributed by atoms with Crippen LogP contribution in [0.5, 0.6) is 5.75 Å². The Morgan fingerprint density at radius 1 is 1.32 bits per heavy atom. The second-order valence-electron chi connectivity index (χ2n) is 7.61. The fourth-order valence-electron chi connectivity index (χ4n) is 3.76. The standard InChI is InChI=1S/C23H29FN2O4S/c1-4-16(2)26(23(28)15-29-3)13-22(27)25-11-9-21-17(10-12-31-21)19(25)14-30-20-8-6-5-7-18(20)24/h5-8,10,12,16,19H,4,9,11,13-15H2,1-3H3. The van der Waals surface area contributed by atoms with E-state index in [1.807, 2.05) is 25.3 Å². The number of para-hydroxylation sites is 1. The first-order valence-corrected chi connectivity index (χ1v) is 11.4. The summed E-state index contributed by atoms with van der Waals surface area (Å²) in [5.74, 6) is -0.634. The van der Waals surface area contributed by atoms with Crippen molar-refractivity contribution in [3.63, 3.8) is 0 Å². The van der Waals surface area contributed by atoms with Crippen LogP contribution in [-0.2, 0) is 20.7 Å². The summed E-state index contributed by atoms with van der Waals surface area (Å²) in [6, 6.07) is 7.82. The SMILES string of the molecule is CCC(C)N(CC(=O)N1CCc2sccc2C1COc1ccccc1F)C(=O)COC. The van der Waals surface area contributed by atoms with Crippen LogP contribution in [0, 0.1) is 5.82 Å². The molecule has 2 amide bonds. The van der Waals surface area contributed by atoms with Crippen LogP contribution in [0.3, 0.4) is 0 Å². The van der Waals surface area contributed by atoms with Gasteiger partial charge in [-0.1, -0.05) is 19.1 Å². The van der Waals surface area contributed by atoms with Crippen LogP contribution in [0.25, 0.3) is 0 Å². The number of fused-ring (bicyclic) bond motifs is 1. The molecule has 31 heavy (non-hydrogen) atoms. The molecule has 6 nitrogen and oxygen atoms in total. The van der Waals surface area contributed by atoms with Gasteiger partial charge in [-0.3, -0.25) is 9.59 Å². The van der Waals surface area contributed by atoms with Crippen LogP contribution < -0.4 is 4.74 Å². The van der Waals surface area contributed by atoms with Crippen molar-refractivity contribution in [2.75, 3.05) is 33.4 Å². The first-order valence-electron chi connectivity index (χ1n) is 10.5. The van der Waals surface area contributed by atoms with Crippen LogP contribution in [0.1, 0.15) is 36.8 Å². The summed E-state index contributed by atoms with van der Waals surface area (Å²) in [5, 5.41) is 2.00. The molecule has 0 saturated carbocycles. The van der Waals surface area contributed by atoms with E-state index in [9.17, 15) is 14.0 Å². The minimum atomic E-state index is -0.435. The van der Waals surface area contributed by atoms with E-state index < -0.39 is 5.82 Å². The fraction of sp³-hybridized carbons (Fsp3) is 0.478. The lowest BCUT2D eigenvalue weighted by Gasteiger charge is -2.38. The Bertz CT molecular complexity index is 903. The number of amides is 2. The molecule has 168 valence electrons. The lowest BCUT2D eigenvalue weighted by Crippen LogP contribution is -2.50. The van der Waals surface area contributed by atoms with Crippen LogP contribution in [0.15, 0.2) is 35.7 Å². The summed E-state index contributed by atoms with van der Waals surface area (Å²) in [5.41, 5.74) is 1.03. The zero-order chi connectivity index (χ0) is 22.4. The van der Waals surface area contributed by atoms with Crippen LogP contribution in [0.2, 0.25) is 0 Å². The van der Waals surface area contributed by atoms with Gasteiger partial charge in [0.2, 0.25) is 11.8 Å². The number of hydrogen-bond acceptors (Lipinski definition) is 5. The van der Waals surface area contributed by atoms with Gasteiger partial charge in [-0.2, -0.15) is 0 Å². The predicted octanol–water partition coefficient (Wildman–Crippen LogP) is 3.67.